The van der Waals surface area contributed by atoms with Crippen molar-refractivity contribution in [3.05, 3.63) is 24.3 Å². The van der Waals surface area contributed by atoms with Crippen molar-refractivity contribution in [3.63, 3.8) is 0 Å². The van der Waals surface area contributed by atoms with Gasteiger partial charge in [-0.3, -0.25) is 28.8 Å². The highest BCUT2D eigenvalue weighted by Gasteiger charge is 2.37. The topological polar surface area (TPSA) is 494 Å². The molecule has 0 bridgehead atoms. The molecular weight excluding hydrogens is 1920 g/mol. The fourth-order valence-corrected chi connectivity index (χ4v) is 16.0. The summed E-state index contributed by atoms with van der Waals surface area (Å²) in [6.45, 7) is 13.6. The van der Waals surface area contributed by atoms with Gasteiger partial charge in [-0.2, -0.15) is 0 Å². The van der Waals surface area contributed by atoms with Crippen LogP contribution in [-0.4, -0.2) is 270 Å². The summed E-state index contributed by atoms with van der Waals surface area (Å²) in [4.78, 5) is 68.7. The van der Waals surface area contributed by atoms with Crippen LogP contribution in [0.15, 0.2) is 24.3 Å². The molecule has 1 heterocycles. The second-order valence-electron chi connectivity index (χ2n) is 41.2. The van der Waals surface area contributed by atoms with Gasteiger partial charge >= 0.3 is 35.8 Å². The van der Waals surface area contributed by atoms with E-state index >= 15 is 0 Å². The zero-order valence-corrected chi connectivity index (χ0v) is 95.8. The molecule has 12 atom stereocenters. The minimum atomic E-state index is -0.659. The summed E-state index contributed by atoms with van der Waals surface area (Å²) in [7, 11) is 0. The van der Waals surface area contributed by atoms with Crippen LogP contribution in [0.1, 0.15) is 563 Å². The average Bonchev–Trinajstić information content (AvgIpc) is 1.70. The van der Waals surface area contributed by atoms with E-state index < -0.39 is 48.8 Å². The molecule has 0 aromatic rings. The highest BCUT2D eigenvalue weighted by Crippen LogP contribution is 2.32. The van der Waals surface area contributed by atoms with Gasteiger partial charge in [0.1, 0.15) is 39.6 Å². The third kappa shape index (κ3) is 130. The molecule has 1 fully saturated rings. The number of carbonyl (C=O) groups excluding carboxylic acids is 6. The maximum absolute atomic E-state index is 11.5. The molecule has 896 valence electrons. The Bertz CT molecular complexity index is 2680. The first-order chi connectivity index (χ1) is 72.3. The van der Waals surface area contributed by atoms with Crippen molar-refractivity contribution in [2.45, 2.75) is 636 Å². The highest BCUT2D eigenvalue weighted by atomic mass is 16.6. The van der Waals surface area contributed by atoms with Gasteiger partial charge in [0, 0.05) is 78.2 Å². The Labute approximate surface area is 914 Å². The molecule has 29 heteroatoms. The predicted octanol–water partition coefficient (Wildman–Crippen LogP) is 23.6. The fourth-order valence-electron chi connectivity index (χ4n) is 16.0. The number of unbranched alkanes of at least 4 members (excludes halogenated alkanes) is 48. The molecular formula is C121H238O29. The molecule has 0 aromatic carbocycles. The lowest BCUT2D eigenvalue weighted by molar-refractivity contribution is -0.147. The molecule has 16 N–H and O–H groups in total. The molecule has 1 aliphatic heterocycles. The van der Waals surface area contributed by atoms with Crippen molar-refractivity contribution >= 4 is 35.8 Å². The average molecular weight is 2160 g/mol. The maximum Gasteiger partial charge on any atom is 0.305 e. The van der Waals surface area contributed by atoms with Gasteiger partial charge in [0.2, 0.25) is 0 Å². The number of carbonyl (C=O) groups is 6. The number of hydrogen-bond acceptors (Lipinski definition) is 29. The van der Waals surface area contributed by atoms with E-state index in [0.29, 0.717) is 122 Å². The van der Waals surface area contributed by atoms with E-state index in [0.717, 1.165) is 327 Å². The van der Waals surface area contributed by atoms with Crippen molar-refractivity contribution in [2.24, 2.45) is 0 Å². The lowest BCUT2D eigenvalue weighted by atomic mass is 10.00. The number of rotatable bonds is 105. The van der Waals surface area contributed by atoms with Crippen LogP contribution in [-0.2, 0) is 61.9 Å². The van der Waals surface area contributed by atoms with E-state index in [2.05, 4.69) is 24.3 Å². The van der Waals surface area contributed by atoms with E-state index in [-0.39, 0.29) is 115 Å². The third-order valence-corrected chi connectivity index (χ3v) is 26.8. The first-order valence-corrected chi connectivity index (χ1v) is 60.6. The normalized spacial score (nSPS) is 14.5. The smallest absolute Gasteiger partial charge is 0.305 e. The summed E-state index contributed by atoms with van der Waals surface area (Å²) in [6.07, 6.45) is 82.1. The highest BCUT2D eigenvalue weighted by molar-refractivity contribution is 5.71. The lowest BCUT2D eigenvalue weighted by Crippen LogP contribution is -2.25. The predicted molar refractivity (Wildman–Crippen MR) is 605 cm³/mol. The minimum Gasteiger partial charge on any atom is -0.463 e. The van der Waals surface area contributed by atoms with Crippen LogP contribution < -0.4 is 0 Å². The van der Waals surface area contributed by atoms with Crippen molar-refractivity contribution < 1.29 is 144 Å². The van der Waals surface area contributed by atoms with E-state index in [9.17, 15) is 79.8 Å². The van der Waals surface area contributed by atoms with Gasteiger partial charge in [0.15, 0.2) is 0 Å². The number of allylic oxidation sites excluding steroid dienone is 4. The quantitative estimate of drug-likeness (QED) is 0.00884. The van der Waals surface area contributed by atoms with E-state index in [1.807, 2.05) is 41.5 Å². The van der Waals surface area contributed by atoms with Crippen LogP contribution in [0.2, 0.25) is 0 Å². The van der Waals surface area contributed by atoms with Gasteiger partial charge in [-0.15, -0.1) is 0 Å². The minimum absolute atomic E-state index is 0. The summed E-state index contributed by atoms with van der Waals surface area (Å²) in [5.41, 5.74) is 0. The van der Waals surface area contributed by atoms with Crippen molar-refractivity contribution in [1.29, 1.82) is 0 Å². The van der Waals surface area contributed by atoms with Gasteiger partial charge in [-0.1, -0.05) is 330 Å². The number of aliphatic hydroxyl groups excluding tert-OH is 16. The zero-order valence-electron chi connectivity index (χ0n) is 95.8. The van der Waals surface area contributed by atoms with Gasteiger partial charge in [0.25, 0.3) is 0 Å². The van der Waals surface area contributed by atoms with Gasteiger partial charge < -0.3 is 115 Å². The van der Waals surface area contributed by atoms with Gasteiger partial charge in [-0.05, 0) is 218 Å². The fraction of sp³-hybridized carbons (Fsp3) is 0.917. The van der Waals surface area contributed by atoms with Crippen LogP contribution in [0.4, 0.5) is 0 Å². The Balaban J connectivity index is -0.000000414. The molecule has 0 saturated carbocycles. The van der Waals surface area contributed by atoms with Crippen molar-refractivity contribution in [1.82, 2.24) is 0 Å². The Kier molecular flexibility index (Phi) is 133. The first kappa shape index (κ1) is 156. The molecule has 0 aliphatic carbocycles. The van der Waals surface area contributed by atoms with Crippen molar-refractivity contribution in [3.8, 4) is 0 Å². The summed E-state index contributed by atoms with van der Waals surface area (Å²) in [5.74, 6) is -1.26. The summed E-state index contributed by atoms with van der Waals surface area (Å²) in [6, 6.07) is 0. The zero-order chi connectivity index (χ0) is 111. The van der Waals surface area contributed by atoms with Crippen LogP contribution >= 0.6 is 0 Å². The Morgan fingerprint density at radius 3 is 0.520 bits per heavy atom. The SMILES string of the molecule is C.CCC(O)COC(=O)CCCCCCC/C=C/CCCCCCO.CCC(O)COC(=O)CCCCCCC/C=C\CCCCCCO.CCC(O)COC(=O)CCCCCCCC(O)C(O)CCCCCCO.CCC(O)COC(=O)CCCCCCCC(O)CCCCCCCO.CCC(O)COC(=O)CCCCCCCC1OC1CCCCCCO.CCC(O)COC(=O)CCCCCCCCC(O)CCCCCCO. The molecule has 0 aromatic heterocycles. The molecule has 1 saturated heterocycles. The molecule has 0 radical (unpaired) electrons. The number of epoxide rings is 1. The van der Waals surface area contributed by atoms with E-state index in [4.69, 9.17) is 63.8 Å². The van der Waals surface area contributed by atoms with Crippen LogP contribution in [0.5, 0.6) is 0 Å². The molecule has 29 nitrogen and oxygen atoms in total. The second kappa shape index (κ2) is 128. The molecule has 0 amide bonds. The molecule has 0 spiro atoms. The molecule has 150 heavy (non-hydrogen) atoms. The number of esters is 6. The van der Waals surface area contributed by atoms with Crippen LogP contribution in [0, 0.1) is 0 Å². The number of ether oxygens (including phenoxy) is 7. The van der Waals surface area contributed by atoms with Crippen LogP contribution in [0.25, 0.3) is 0 Å². The Morgan fingerprint density at radius 2 is 0.347 bits per heavy atom. The molecule has 12 unspecified atom stereocenters. The largest absolute Gasteiger partial charge is 0.463 e. The monoisotopic (exact) mass is 2160 g/mol. The molecule has 1 rings (SSSR count). The summed E-state index contributed by atoms with van der Waals surface area (Å²) in [5, 5.41) is 148. The van der Waals surface area contributed by atoms with Gasteiger partial charge in [0.05, 0.1) is 73.2 Å². The summed E-state index contributed by atoms with van der Waals surface area (Å²) < 4.78 is 35.7. The molecule has 1 aliphatic rings. The maximum atomic E-state index is 11.5. The number of aliphatic hydroxyl groups is 16. The standard InChI is InChI=1S/C20H40O6.C20H38O5.2C20H40O5.2C20H38O4.CH4/c1-2-17(22)16-26-20(25)14-10-5-3-4-8-12-18(23)19(24)13-9-6-7-11-15-21;1-2-17(22)16-24-20(23)14-10-5-3-4-8-12-18-19(25-18)13-9-6-7-11-15-21;1-2-18(22)17-25-20(24)15-11-7-3-5-9-13-19(23)14-10-6-4-8-12-16-21;1-2-18(22)17-25-20(24)15-11-6-4-3-5-9-13-19(23)14-10-7-8-12-16-21;2*1-2-19(22)18-24-20(23)16-14-12-10-8-6-4-3-5-7-9-11-13-15-17-21;/h17-19,21-24H,2-16H2,1H3;17-19,21-22H,2-16H2,1H3;2*18-19,21-23H,2-17H2,1H3;2*3,5,19,21-22H,2,4,6-18H2,1H3;1H4/b;;;;5-3+;5-3-;. The number of hydrogen-bond donors (Lipinski definition) is 16. The lowest BCUT2D eigenvalue weighted by Gasteiger charge is -2.17. The van der Waals surface area contributed by atoms with E-state index in [1.54, 1.807) is 0 Å². The Morgan fingerprint density at radius 1 is 0.200 bits per heavy atom. The Hall–Kier alpha value is -4.38. The summed E-state index contributed by atoms with van der Waals surface area (Å²) >= 11 is 0. The van der Waals surface area contributed by atoms with Crippen molar-refractivity contribution in [2.75, 3.05) is 79.3 Å². The third-order valence-electron chi connectivity index (χ3n) is 26.8. The van der Waals surface area contributed by atoms with E-state index in [1.165, 1.54) is 96.3 Å². The second-order valence-corrected chi connectivity index (χ2v) is 41.2. The van der Waals surface area contributed by atoms with Crippen LogP contribution in [0.3, 0.4) is 0 Å². The first-order valence-electron chi connectivity index (χ1n) is 60.6. The van der Waals surface area contributed by atoms with Gasteiger partial charge in [-0.25, -0.2) is 0 Å².